The molecule has 0 aromatic heterocycles. The Morgan fingerprint density at radius 1 is 0.698 bits per heavy atom. The van der Waals surface area contributed by atoms with Crippen LogP contribution < -0.4 is 0 Å². The average Bonchev–Trinajstić information content (AvgIpc) is 2.96. The number of benzene rings is 3. The van der Waals surface area contributed by atoms with Gasteiger partial charge < -0.3 is 10.2 Å². The number of fused-ring (bicyclic) bond motifs is 1. The van der Waals surface area contributed by atoms with Gasteiger partial charge in [0.15, 0.2) is 19.7 Å². The van der Waals surface area contributed by atoms with Crippen LogP contribution in [-0.2, 0) is 30.5 Å². The molecule has 0 saturated carbocycles. The van der Waals surface area contributed by atoms with E-state index in [9.17, 15) is 21.6 Å². The highest BCUT2D eigenvalue weighted by Crippen LogP contribution is 2.46. The fraction of sp³-hybridized carbons (Fsp3) is 0.382. The van der Waals surface area contributed by atoms with Crippen LogP contribution in [0.1, 0.15) is 80.1 Å². The van der Waals surface area contributed by atoms with Crippen molar-refractivity contribution in [3.8, 4) is 0 Å². The van der Waals surface area contributed by atoms with Crippen molar-refractivity contribution < 1.29 is 31.8 Å². The number of allylic oxidation sites excluding steroid dienone is 1. The molecule has 0 fully saturated rings. The molecular weight excluding hydrogens is 585 g/mol. The van der Waals surface area contributed by atoms with Gasteiger partial charge in [0.25, 0.3) is 0 Å². The molecule has 2 N–H and O–H groups in total. The maximum Gasteiger partial charge on any atom is 0.180 e. The molecular formula is C34H42O7S2. The number of carbonyl (C=O) groups excluding carboxylic acids is 1. The van der Waals surface area contributed by atoms with Gasteiger partial charge in [0.2, 0.25) is 0 Å². The van der Waals surface area contributed by atoms with Gasteiger partial charge >= 0.3 is 0 Å². The van der Waals surface area contributed by atoms with Gasteiger partial charge in [-0.1, -0.05) is 76.2 Å². The Kier molecular flexibility index (Phi) is 10.9. The first kappa shape index (κ1) is 34.4. The first-order valence-electron chi connectivity index (χ1n) is 14.2. The molecule has 0 radical (unpaired) electrons. The zero-order valence-corrected chi connectivity index (χ0v) is 27.1. The van der Waals surface area contributed by atoms with Crippen LogP contribution in [0, 0.1) is 0 Å². The lowest BCUT2D eigenvalue weighted by molar-refractivity contribution is 0.112. The van der Waals surface area contributed by atoms with E-state index in [-0.39, 0.29) is 38.7 Å². The van der Waals surface area contributed by atoms with Crippen molar-refractivity contribution in [2.75, 3.05) is 24.7 Å². The van der Waals surface area contributed by atoms with Crippen LogP contribution in [0.2, 0.25) is 0 Å². The molecule has 1 aliphatic carbocycles. The monoisotopic (exact) mass is 626 g/mol. The van der Waals surface area contributed by atoms with Crippen molar-refractivity contribution >= 4 is 37.6 Å². The molecule has 0 saturated heterocycles. The minimum Gasteiger partial charge on any atom is -0.395 e. The van der Waals surface area contributed by atoms with Gasteiger partial charge in [-0.2, -0.15) is 0 Å². The second-order valence-electron chi connectivity index (χ2n) is 12.2. The minimum absolute atomic E-state index is 0.122. The zero-order valence-electron chi connectivity index (χ0n) is 25.5. The van der Waals surface area contributed by atoms with E-state index in [1.165, 1.54) is 53.8 Å². The summed E-state index contributed by atoms with van der Waals surface area (Å²) >= 11 is 0. The van der Waals surface area contributed by atoms with Crippen LogP contribution in [0.25, 0.3) is 11.6 Å². The van der Waals surface area contributed by atoms with Crippen LogP contribution in [0.3, 0.4) is 0 Å². The number of aliphatic hydroxyl groups is 2. The van der Waals surface area contributed by atoms with Crippen LogP contribution in [-0.4, -0.2) is 58.1 Å². The van der Waals surface area contributed by atoms with Crippen molar-refractivity contribution in [2.45, 2.75) is 68.1 Å². The van der Waals surface area contributed by atoms with E-state index in [2.05, 4.69) is 58.9 Å². The zero-order chi connectivity index (χ0) is 32.1. The molecule has 9 heteroatoms. The highest BCUT2D eigenvalue weighted by atomic mass is 32.2. The van der Waals surface area contributed by atoms with Gasteiger partial charge in [-0.25, -0.2) is 16.8 Å². The summed E-state index contributed by atoms with van der Waals surface area (Å²) in [6, 6.07) is 19.3. The second kappa shape index (κ2) is 13.7. The standard InChI is InChI=1S/C25H32O3S.C9H10O4S/c1-18(16-19-6-9-21(10-7-19)29(27,28)15-14-26)20-8-11-22-23(17-20)25(4,5)13-12-24(22,2)3;10-5-6-14(12,13)9-3-1-8(7-11)2-4-9/h6-11,16-17,26H,12-15H2,1-5H3;1-4,7,10H,5-6H2/b18-16+;. The smallest absolute Gasteiger partial charge is 0.180 e. The van der Waals surface area contributed by atoms with Gasteiger partial charge in [-0.3, -0.25) is 4.79 Å². The Morgan fingerprint density at radius 2 is 1.14 bits per heavy atom. The first-order chi connectivity index (χ1) is 20.1. The molecule has 232 valence electrons. The van der Waals surface area contributed by atoms with E-state index < -0.39 is 26.3 Å². The third-order valence-corrected chi connectivity index (χ3v) is 11.4. The highest BCUT2D eigenvalue weighted by Gasteiger charge is 2.36. The third-order valence-electron chi connectivity index (χ3n) is 8.03. The number of hydrogen-bond donors (Lipinski definition) is 2. The molecule has 0 atom stereocenters. The van der Waals surface area contributed by atoms with E-state index in [1.807, 2.05) is 12.1 Å². The lowest BCUT2D eigenvalue weighted by Gasteiger charge is -2.42. The topological polar surface area (TPSA) is 126 Å². The number of aldehydes is 1. The Balaban J connectivity index is 0.000000303. The summed E-state index contributed by atoms with van der Waals surface area (Å²) in [5, 5.41) is 17.5. The first-order valence-corrected chi connectivity index (χ1v) is 17.5. The maximum atomic E-state index is 12.1. The Bertz CT molecular complexity index is 1670. The number of aliphatic hydroxyl groups excluding tert-OH is 2. The summed E-state index contributed by atoms with van der Waals surface area (Å²) in [5.74, 6) is -0.546. The Morgan fingerprint density at radius 3 is 1.58 bits per heavy atom. The number of rotatable bonds is 9. The molecule has 7 nitrogen and oxygen atoms in total. The normalized spacial score (nSPS) is 16.0. The molecule has 0 bridgehead atoms. The van der Waals surface area contributed by atoms with Crippen LogP contribution in [0.5, 0.6) is 0 Å². The van der Waals surface area contributed by atoms with Crippen LogP contribution >= 0.6 is 0 Å². The Labute approximate surface area is 256 Å². The lowest BCUT2D eigenvalue weighted by Crippen LogP contribution is -2.33. The van der Waals surface area contributed by atoms with Gasteiger partial charge in [0.05, 0.1) is 34.5 Å². The molecule has 0 spiro atoms. The molecule has 43 heavy (non-hydrogen) atoms. The molecule has 3 aromatic rings. The minimum atomic E-state index is -3.41. The van der Waals surface area contributed by atoms with Gasteiger partial charge in [-0.15, -0.1) is 0 Å². The fourth-order valence-electron chi connectivity index (χ4n) is 5.17. The molecule has 1 aliphatic rings. The highest BCUT2D eigenvalue weighted by molar-refractivity contribution is 7.91. The van der Waals surface area contributed by atoms with Crippen molar-refractivity contribution in [3.63, 3.8) is 0 Å². The van der Waals surface area contributed by atoms with E-state index in [0.717, 1.165) is 11.1 Å². The van der Waals surface area contributed by atoms with Crippen molar-refractivity contribution in [1.82, 2.24) is 0 Å². The van der Waals surface area contributed by atoms with Crippen LogP contribution in [0.15, 0.2) is 76.5 Å². The number of sulfone groups is 2. The van der Waals surface area contributed by atoms with E-state index in [4.69, 9.17) is 10.2 Å². The van der Waals surface area contributed by atoms with Crippen molar-refractivity contribution in [2.24, 2.45) is 0 Å². The summed E-state index contributed by atoms with van der Waals surface area (Å²) in [6.45, 7) is 10.6. The molecule has 0 amide bonds. The maximum absolute atomic E-state index is 12.1. The largest absolute Gasteiger partial charge is 0.395 e. The summed E-state index contributed by atoms with van der Waals surface area (Å²) in [4.78, 5) is 10.7. The average molecular weight is 627 g/mol. The predicted molar refractivity (Wildman–Crippen MR) is 172 cm³/mol. The van der Waals surface area contributed by atoms with E-state index in [0.29, 0.717) is 11.8 Å². The third kappa shape index (κ3) is 8.50. The summed E-state index contributed by atoms with van der Waals surface area (Å²) in [7, 11) is -6.81. The Hall–Kier alpha value is -3.11. The molecule has 4 rings (SSSR count). The van der Waals surface area contributed by atoms with Gasteiger partial charge in [0, 0.05) is 5.56 Å². The summed E-state index contributed by atoms with van der Waals surface area (Å²) < 4.78 is 46.9. The molecule has 3 aromatic carbocycles. The fourth-order valence-corrected chi connectivity index (χ4v) is 7.22. The van der Waals surface area contributed by atoms with Gasteiger partial charge in [-0.05, 0) is 82.7 Å². The van der Waals surface area contributed by atoms with Crippen LogP contribution in [0.4, 0.5) is 0 Å². The van der Waals surface area contributed by atoms with E-state index in [1.54, 1.807) is 12.1 Å². The van der Waals surface area contributed by atoms with E-state index >= 15 is 0 Å². The quantitative estimate of drug-likeness (QED) is 0.233. The summed E-state index contributed by atoms with van der Waals surface area (Å²) in [6.07, 6.45) is 5.11. The van der Waals surface area contributed by atoms with Crippen molar-refractivity contribution in [1.29, 1.82) is 0 Å². The summed E-state index contributed by atoms with van der Waals surface area (Å²) in [5.41, 5.74) is 6.99. The lowest BCUT2D eigenvalue weighted by atomic mass is 9.63. The second-order valence-corrected chi connectivity index (χ2v) is 16.4. The van der Waals surface area contributed by atoms with Gasteiger partial charge in [0.1, 0.15) is 6.29 Å². The molecule has 0 aliphatic heterocycles. The number of carbonyl (C=O) groups is 1. The molecule has 0 unspecified atom stereocenters. The molecule has 0 heterocycles. The number of hydrogen-bond acceptors (Lipinski definition) is 7. The van der Waals surface area contributed by atoms with Crippen molar-refractivity contribution in [3.05, 3.63) is 94.5 Å². The predicted octanol–water partition coefficient (Wildman–Crippen LogP) is 5.63. The SMILES string of the molecule is C/C(=C\c1ccc(S(=O)(=O)CCO)cc1)c1ccc2c(c1)C(C)(C)CCC2(C)C.O=Cc1ccc(S(=O)(=O)CCO)cc1.